The second-order valence-corrected chi connectivity index (χ2v) is 4.52. The van der Waals surface area contributed by atoms with Crippen LogP contribution < -0.4 is 5.32 Å². The number of aromatic amines is 1. The molecule has 0 aliphatic heterocycles. The molecule has 2 aromatic rings. The topological polar surface area (TPSA) is 96.5 Å². The molecule has 0 bridgehead atoms. The number of hydrogen-bond donors (Lipinski definition) is 2. The lowest BCUT2D eigenvalue weighted by Gasteiger charge is -2.12. The van der Waals surface area contributed by atoms with Gasteiger partial charge in [-0.2, -0.15) is 5.21 Å². The predicted molar refractivity (Wildman–Crippen MR) is 73.9 cm³/mol. The molecule has 0 aromatic carbocycles. The molecule has 0 saturated heterocycles. The van der Waals surface area contributed by atoms with Gasteiger partial charge in [0.15, 0.2) is 0 Å². The van der Waals surface area contributed by atoms with Crippen molar-refractivity contribution in [3.05, 3.63) is 36.2 Å². The molecule has 7 nitrogen and oxygen atoms in total. The lowest BCUT2D eigenvalue weighted by molar-refractivity contribution is 0.0935. The van der Waals surface area contributed by atoms with Crippen molar-refractivity contribution in [2.45, 2.75) is 26.3 Å². The molecule has 0 radical (unpaired) electrons. The summed E-state index contributed by atoms with van der Waals surface area (Å²) in [5.41, 5.74) is 1.87. The highest BCUT2D eigenvalue weighted by Crippen LogP contribution is 2.15. The quantitative estimate of drug-likeness (QED) is 0.799. The Kier molecular flexibility index (Phi) is 4.19. The van der Waals surface area contributed by atoms with E-state index < -0.39 is 0 Å². The Morgan fingerprint density at radius 3 is 3.00 bits per heavy atom. The molecule has 1 unspecified atom stereocenters. The van der Waals surface area contributed by atoms with Crippen LogP contribution in [0.3, 0.4) is 0 Å². The first-order chi connectivity index (χ1) is 9.61. The first-order valence-electron chi connectivity index (χ1n) is 6.24. The van der Waals surface area contributed by atoms with E-state index >= 15 is 0 Å². The number of nitrogens with one attached hydrogen (secondary N) is 2. The Bertz CT molecular complexity index is 607. The first kappa shape index (κ1) is 13.9. The van der Waals surface area contributed by atoms with Crippen molar-refractivity contribution in [1.29, 1.82) is 0 Å². The zero-order valence-electron chi connectivity index (χ0n) is 11.4. The maximum Gasteiger partial charge on any atom is 0.270 e. The minimum atomic E-state index is -0.198. The van der Waals surface area contributed by atoms with Gasteiger partial charge in [-0.3, -0.25) is 9.78 Å². The lowest BCUT2D eigenvalue weighted by Crippen LogP contribution is -2.33. The van der Waals surface area contributed by atoms with Crippen molar-refractivity contribution in [3.63, 3.8) is 0 Å². The maximum atomic E-state index is 12.1. The third-order valence-corrected chi connectivity index (χ3v) is 2.79. The number of aromatic nitrogens is 5. The summed E-state index contributed by atoms with van der Waals surface area (Å²) in [6, 6.07) is 1.84. The van der Waals surface area contributed by atoms with Gasteiger partial charge in [0.05, 0.1) is 0 Å². The summed E-state index contributed by atoms with van der Waals surface area (Å²) in [7, 11) is 0. The number of tetrazole rings is 1. The van der Waals surface area contributed by atoms with Crippen molar-refractivity contribution in [3.8, 4) is 11.4 Å². The number of aryl methyl sites for hydroxylation is 1. The third kappa shape index (κ3) is 3.05. The number of rotatable bonds is 5. The molecule has 2 N–H and O–H groups in total. The van der Waals surface area contributed by atoms with Crippen molar-refractivity contribution in [2.75, 3.05) is 0 Å². The molecule has 0 fully saturated rings. The van der Waals surface area contributed by atoms with Gasteiger partial charge in [0.25, 0.3) is 5.91 Å². The van der Waals surface area contributed by atoms with Gasteiger partial charge in [0.2, 0.25) is 5.82 Å². The van der Waals surface area contributed by atoms with E-state index in [0.29, 0.717) is 23.5 Å². The van der Waals surface area contributed by atoms with Crippen LogP contribution in [0.4, 0.5) is 0 Å². The van der Waals surface area contributed by atoms with Crippen LogP contribution in [0.2, 0.25) is 0 Å². The Hall–Kier alpha value is -2.57. The molecule has 0 spiro atoms. The molecule has 2 rings (SSSR count). The van der Waals surface area contributed by atoms with Gasteiger partial charge in [0.1, 0.15) is 5.69 Å². The van der Waals surface area contributed by atoms with Crippen LogP contribution in [0.5, 0.6) is 0 Å². The summed E-state index contributed by atoms with van der Waals surface area (Å²) in [6.07, 6.45) is 4.04. The normalized spacial score (nSPS) is 11.9. The number of pyridine rings is 1. The van der Waals surface area contributed by atoms with Crippen LogP contribution in [-0.2, 0) is 0 Å². The SMILES string of the molecule is C=CCC(C)NC(=O)c1ncc(-c2nn[nH]n2)cc1C. The highest BCUT2D eigenvalue weighted by Gasteiger charge is 2.14. The maximum absolute atomic E-state index is 12.1. The molecule has 20 heavy (non-hydrogen) atoms. The molecule has 1 amide bonds. The Morgan fingerprint density at radius 2 is 2.40 bits per heavy atom. The fraction of sp³-hybridized carbons (Fsp3) is 0.308. The van der Waals surface area contributed by atoms with Crippen LogP contribution in [0.15, 0.2) is 24.9 Å². The summed E-state index contributed by atoms with van der Waals surface area (Å²) >= 11 is 0. The molecular formula is C13H16N6O. The van der Waals surface area contributed by atoms with E-state index in [0.717, 1.165) is 5.56 Å². The molecule has 7 heteroatoms. The summed E-state index contributed by atoms with van der Waals surface area (Å²) in [6.45, 7) is 7.39. The van der Waals surface area contributed by atoms with E-state index in [-0.39, 0.29) is 11.9 Å². The summed E-state index contributed by atoms with van der Waals surface area (Å²) < 4.78 is 0. The molecule has 104 valence electrons. The second kappa shape index (κ2) is 6.05. The van der Waals surface area contributed by atoms with E-state index in [1.165, 1.54) is 0 Å². The van der Waals surface area contributed by atoms with Gasteiger partial charge in [-0.05, 0) is 37.1 Å². The number of amides is 1. The molecule has 0 aliphatic rings. The molecule has 0 saturated carbocycles. The second-order valence-electron chi connectivity index (χ2n) is 4.52. The number of hydrogen-bond acceptors (Lipinski definition) is 5. The average Bonchev–Trinajstić information content (AvgIpc) is 2.92. The average molecular weight is 272 g/mol. The van der Waals surface area contributed by atoms with Gasteiger partial charge in [0, 0.05) is 17.8 Å². The zero-order valence-corrected chi connectivity index (χ0v) is 11.4. The van der Waals surface area contributed by atoms with Crippen LogP contribution in [-0.4, -0.2) is 37.6 Å². The van der Waals surface area contributed by atoms with Gasteiger partial charge in [-0.25, -0.2) is 0 Å². The zero-order chi connectivity index (χ0) is 14.5. The van der Waals surface area contributed by atoms with Gasteiger partial charge >= 0.3 is 0 Å². The number of nitrogens with zero attached hydrogens (tertiary/aromatic N) is 4. The molecule has 2 heterocycles. The van der Waals surface area contributed by atoms with E-state index in [2.05, 4.69) is 37.5 Å². The van der Waals surface area contributed by atoms with E-state index in [9.17, 15) is 4.79 Å². The monoisotopic (exact) mass is 272 g/mol. The number of H-pyrrole nitrogens is 1. The summed E-state index contributed by atoms with van der Waals surface area (Å²) in [5.74, 6) is 0.254. The minimum Gasteiger partial charge on any atom is -0.348 e. The highest BCUT2D eigenvalue weighted by molar-refractivity contribution is 5.94. The van der Waals surface area contributed by atoms with E-state index in [1.54, 1.807) is 12.3 Å². The van der Waals surface area contributed by atoms with Crippen LogP contribution >= 0.6 is 0 Å². The Morgan fingerprint density at radius 1 is 1.60 bits per heavy atom. The smallest absolute Gasteiger partial charge is 0.270 e. The van der Waals surface area contributed by atoms with Crippen molar-refractivity contribution < 1.29 is 4.79 Å². The largest absolute Gasteiger partial charge is 0.348 e. The third-order valence-electron chi connectivity index (χ3n) is 2.79. The van der Waals surface area contributed by atoms with E-state index in [1.807, 2.05) is 19.9 Å². The Labute approximate surface area is 116 Å². The van der Waals surface area contributed by atoms with Crippen LogP contribution in [0, 0.1) is 6.92 Å². The van der Waals surface area contributed by atoms with Crippen molar-refractivity contribution >= 4 is 5.91 Å². The van der Waals surface area contributed by atoms with Crippen molar-refractivity contribution in [1.82, 2.24) is 30.9 Å². The standard InChI is InChI=1S/C13H16N6O/c1-4-5-9(3)15-13(20)11-8(2)6-10(7-14-11)12-16-18-19-17-12/h4,6-7,9H,1,5H2,2-3H3,(H,15,20)(H,16,17,18,19). The first-order valence-corrected chi connectivity index (χ1v) is 6.24. The van der Waals surface area contributed by atoms with Gasteiger partial charge < -0.3 is 5.32 Å². The molecule has 2 aromatic heterocycles. The molecular weight excluding hydrogens is 256 g/mol. The number of carbonyl (C=O) groups is 1. The Balaban J connectivity index is 2.17. The fourth-order valence-electron chi connectivity index (χ4n) is 1.82. The highest BCUT2D eigenvalue weighted by atomic mass is 16.1. The summed E-state index contributed by atoms with van der Waals surface area (Å²) in [4.78, 5) is 16.3. The van der Waals surface area contributed by atoms with Crippen LogP contribution in [0.1, 0.15) is 29.4 Å². The fourth-order valence-corrected chi connectivity index (χ4v) is 1.82. The van der Waals surface area contributed by atoms with Crippen molar-refractivity contribution in [2.24, 2.45) is 0 Å². The summed E-state index contributed by atoms with van der Waals surface area (Å²) in [5, 5.41) is 16.5. The minimum absolute atomic E-state index is 0.0260. The van der Waals surface area contributed by atoms with Gasteiger partial charge in [-0.1, -0.05) is 6.08 Å². The van der Waals surface area contributed by atoms with Gasteiger partial charge in [-0.15, -0.1) is 16.8 Å². The predicted octanol–water partition coefficient (Wildman–Crippen LogP) is 1.26. The molecule has 1 atom stereocenters. The lowest BCUT2D eigenvalue weighted by atomic mass is 10.1. The number of carbonyl (C=O) groups excluding carboxylic acids is 1. The molecule has 0 aliphatic carbocycles. The van der Waals surface area contributed by atoms with E-state index in [4.69, 9.17) is 0 Å². The van der Waals surface area contributed by atoms with Crippen LogP contribution in [0.25, 0.3) is 11.4 Å².